The van der Waals surface area contributed by atoms with Gasteiger partial charge in [0.05, 0.1) is 11.8 Å². The van der Waals surface area contributed by atoms with Crippen molar-refractivity contribution >= 4 is 17.6 Å². The van der Waals surface area contributed by atoms with Gasteiger partial charge in [-0.1, -0.05) is 48.5 Å². The average Bonchev–Trinajstić information content (AvgIpc) is 3.08. The molecule has 0 aromatic heterocycles. The van der Waals surface area contributed by atoms with Crippen molar-refractivity contribution in [1.82, 2.24) is 5.01 Å². The lowest BCUT2D eigenvalue weighted by Gasteiger charge is -2.22. The lowest BCUT2D eigenvalue weighted by molar-refractivity contribution is -0.305. The molecule has 0 radical (unpaired) electrons. The van der Waals surface area contributed by atoms with Crippen LogP contribution in [0.15, 0.2) is 59.7 Å². The van der Waals surface area contributed by atoms with Gasteiger partial charge in [-0.05, 0) is 24.5 Å². The molecule has 0 spiro atoms. The number of hydrazone groups is 1. The van der Waals surface area contributed by atoms with Crippen LogP contribution in [0, 0.1) is 5.82 Å². The summed E-state index contributed by atoms with van der Waals surface area (Å²) in [4.78, 5) is 23.1. The van der Waals surface area contributed by atoms with Crippen molar-refractivity contribution in [3.05, 3.63) is 71.5 Å². The number of carboxylic acids is 1. The Kier molecular flexibility index (Phi) is 5.41. The van der Waals surface area contributed by atoms with E-state index in [0.29, 0.717) is 17.7 Å². The first-order valence-corrected chi connectivity index (χ1v) is 8.45. The summed E-state index contributed by atoms with van der Waals surface area (Å²) in [5.41, 5.74) is 1.97. The van der Waals surface area contributed by atoms with E-state index < -0.39 is 17.8 Å². The fourth-order valence-corrected chi connectivity index (χ4v) is 3.03. The summed E-state index contributed by atoms with van der Waals surface area (Å²) in [6.45, 7) is 0. The Morgan fingerprint density at radius 3 is 2.46 bits per heavy atom. The molecule has 3 rings (SSSR count). The Hall–Kier alpha value is -3.02. The molecule has 0 N–H and O–H groups in total. The SMILES string of the molecule is O=C([O-])CCCC(=O)N1N=C(c2ccccc2)C[C@@H]1c1ccccc1F. The molecule has 26 heavy (non-hydrogen) atoms. The van der Waals surface area contributed by atoms with Crippen molar-refractivity contribution in [2.75, 3.05) is 0 Å². The van der Waals surface area contributed by atoms with Gasteiger partial charge in [0.2, 0.25) is 5.91 Å². The maximum atomic E-state index is 14.3. The van der Waals surface area contributed by atoms with Gasteiger partial charge >= 0.3 is 0 Å². The number of carboxylic acid groups (broad SMARTS) is 1. The van der Waals surface area contributed by atoms with Gasteiger partial charge in [0.15, 0.2) is 0 Å². The lowest BCUT2D eigenvalue weighted by atomic mass is 9.98. The van der Waals surface area contributed by atoms with Crippen LogP contribution >= 0.6 is 0 Å². The molecule has 0 saturated carbocycles. The van der Waals surface area contributed by atoms with Crippen LogP contribution in [0.4, 0.5) is 4.39 Å². The fourth-order valence-electron chi connectivity index (χ4n) is 3.03. The van der Waals surface area contributed by atoms with Crippen molar-refractivity contribution < 1.29 is 19.1 Å². The number of benzene rings is 2. The molecule has 134 valence electrons. The van der Waals surface area contributed by atoms with E-state index in [1.165, 1.54) is 11.1 Å². The highest BCUT2D eigenvalue weighted by Crippen LogP contribution is 2.34. The van der Waals surface area contributed by atoms with E-state index in [4.69, 9.17) is 0 Å². The molecule has 1 aliphatic rings. The molecule has 0 bridgehead atoms. The van der Waals surface area contributed by atoms with Crippen molar-refractivity contribution in [1.29, 1.82) is 0 Å². The fraction of sp³-hybridized carbons (Fsp3) is 0.250. The minimum absolute atomic E-state index is 0.0184. The second kappa shape index (κ2) is 7.91. The maximum Gasteiger partial charge on any atom is 0.243 e. The van der Waals surface area contributed by atoms with E-state index in [1.807, 2.05) is 30.3 Å². The van der Waals surface area contributed by atoms with Crippen LogP contribution in [-0.2, 0) is 9.59 Å². The minimum atomic E-state index is -1.20. The normalized spacial score (nSPS) is 16.4. The van der Waals surface area contributed by atoms with Gasteiger partial charge in [-0.3, -0.25) is 4.79 Å². The van der Waals surface area contributed by atoms with Gasteiger partial charge in [0.1, 0.15) is 5.82 Å². The van der Waals surface area contributed by atoms with Crippen molar-refractivity contribution in [2.24, 2.45) is 5.10 Å². The predicted octanol–water partition coefficient (Wildman–Crippen LogP) is 2.42. The summed E-state index contributed by atoms with van der Waals surface area (Å²) in [6.07, 6.45) is 0.388. The van der Waals surface area contributed by atoms with Crippen molar-refractivity contribution in [2.45, 2.75) is 31.7 Å². The molecular formula is C20H18FN2O3-. The quantitative estimate of drug-likeness (QED) is 0.801. The molecule has 0 fully saturated rings. The molecule has 0 unspecified atom stereocenters. The van der Waals surface area contributed by atoms with E-state index in [1.54, 1.807) is 18.2 Å². The predicted molar refractivity (Wildman–Crippen MR) is 92.4 cm³/mol. The van der Waals surface area contributed by atoms with E-state index in [0.717, 1.165) is 5.56 Å². The summed E-state index contributed by atoms with van der Waals surface area (Å²) in [5, 5.41) is 16.3. The molecule has 2 aromatic rings. The zero-order chi connectivity index (χ0) is 18.5. The smallest absolute Gasteiger partial charge is 0.243 e. The second-order valence-corrected chi connectivity index (χ2v) is 6.12. The minimum Gasteiger partial charge on any atom is -0.550 e. The zero-order valence-corrected chi connectivity index (χ0v) is 14.1. The standard InChI is InChI=1S/C20H19FN2O3/c21-16-10-5-4-9-15(16)18-13-17(14-7-2-1-3-8-14)22-23(18)19(24)11-6-12-20(25)26/h1-5,7-10,18H,6,11-13H2,(H,25,26)/p-1/t18-/m1/s1. The number of halogens is 1. The van der Waals surface area contributed by atoms with Crippen molar-refractivity contribution in [3.63, 3.8) is 0 Å². The van der Waals surface area contributed by atoms with Crippen LogP contribution in [0.5, 0.6) is 0 Å². The highest BCUT2D eigenvalue weighted by molar-refractivity contribution is 6.03. The van der Waals surface area contributed by atoms with Crippen LogP contribution in [0.25, 0.3) is 0 Å². The number of hydrogen-bond donors (Lipinski definition) is 0. The second-order valence-electron chi connectivity index (χ2n) is 6.12. The van der Waals surface area contributed by atoms with E-state index in [9.17, 15) is 19.1 Å². The third-order valence-electron chi connectivity index (χ3n) is 4.31. The van der Waals surface area contributed by atoms with Crippen LogP contribution in [0.3, 0.4) is 0 Å². The third kappa shape index (κ3) is 3.96. The van der Waals surface area contributed by atoms with Gasteiger partial charge in [-0.15, -0.1) is 0 Å². The number of nitrogens with zero attached hydrogens (tertiary/aromatic N) is 2. The molecule has 6 heteroatoms. The monoisotopic (exact) mass is 353 g/mol. The van der Waals surface area contributed by atoms with Crippen LogP contribution in [-0.4, -0.2) is 22.6 Å². The van der Waals surface area contributed by atoms with E-state index in [2.05, 4.69) is 5.10 Å². The largest absolute Gasteiger partial charge is 0.550 e. The molecule has 1 aliphatic heterocycles. The molecule has 1 atom stereocenters. The Balaban J connectivity index is 1.87. The van der Waals surface area contributed by atoms with Crippen LogP contribution < -0.4 is 5.11 Å². The molecule has 5 nitrogen and oxygen atoms in total. The summed E-state index contributed by atoms with van der Waals surface area (Å²) in [5.74, 6) is -1.92. The first-order valence-electron chi connectivity index (χ1n) is 8.45. The molecule has 0 saturated heterocycles. The van der Waals surface area contributed by atoms with Crippen molar-refractivity contribution in [3.8, 4) is 0 Å². The van der Waals surface area contributed by atoms with Crippen LogP contribution in [0.1, 0.15) is 42.9 Å². The Labute approximate surface area is 150 Å². The van der Waals surface area contributed by atoms with Gasteiger partial charge < -0.3 is 9.90 Å². The summed E-state index contributed by atoms with van der Waals surface area (Å²) in [7, 11) is 0. The number of hydrogen-bond acceptors (Lipinski definition) is 4. The molecule has 1 heterocycles. The molecule has 1 amide bonds. The number of amides is 1. The van der Waals surface area contributed by atoms with Gasteiger partial charge in [0, 0.05) is 24.4 Å². The highest BCUT2D eigenvalue weighted by Gasteiger charge is 2.34. The van der Waals surface area contributed by atoms with Gasteiger partial charge in [-0.25, -0.2) is 9.40 Å². The summed E-state index contributed by atoms with van der Waals surface area (Å²) < 4.78 is 14.3. The zero-order valence-electron chi connectivity index (χ0n) is 14.1. The molecule has 2 aromatic carbocycles. The molecule has 0 aliphatic carbocycles. The Bertz CT molecular complexity index is 836. The van der Waals surface area contributed by atoms with Gasteiger partial charge in [0.25, 0.3) is 0 Å². The third-order valence-corrected chi connectivity index (χ3v) is 4.31. The van der Waals surface area contributed by atoms with E-state index in [-0.39, 0.29) is 25.2 Å². The molecular weight excluding hydrogens is 335 g/mol. The Morgan fingerprint density at radius 2 is 1.77 bits per heavy atom. The summed E-state index contributed by atoms with van der Waals surface area (Å²) >= 11 is 0. The van der Waals surface area contributed by atoms with Crippen LogP contribution in [0.2, 0.25) is 0 Å². The van der Waals surface area contributed by atoms with Gasteiger partial charge in [-0.2, -0.15) is 5.10 Å². The lowest BCUT2D eigenvalue weighted by Crippen LogP contribution is -2.28. The average molecular weight is 353 g/mol. The number of carbonyl (C=O) groups excluding carboxylic acids is 2. The van der Waals surface area contributed by atoms with E-state index >= 15 is 0 Å². The summed E-state index contributed by atoms with van der Waals surface area (Å²) in [6, 6.07) is 15.2. The number of carbonyl (C=O) groups is 2. The first kappa shape index (κ1) is 17.8. The topological polar surface area (TPSA) is 72.8 Å². The maximum absolute atomic E-state index is 14.3. The number of aliphatic carboxylic acids is 1. The Morgan fingerprint density at radius 1 is 1.08 bits per heavy atom. The first-order chi connectivity index (χ1) is 12.6. The number of rotatable bonds is 6. The highest BCUT2D eigenvalue weighted by atomic mass is 19.1.